The number of hydrogen-bond donors (Lipinski definition) is 5. The van der Waals surface area contributed by atoms with Gasteiger partial charge in [-0.25, -0.2) is 14.8 Å². The fourth-order valence-corrected chi connectivity index (χ4v) is 6.34. The van der Waals surface area contributed by atoms with E-state index in [0.29, 0.717) is 16.4 Å². The average Bonchev–Trinajstić information content (AvgIpc) is 3.23. The largest absolute Gasteiger partial charge is 0.477 e. The first-order valence-corrected chi connectivity index (χ1v) is 12.7. The summed E-state index contributed by atoms with van der Waals surface area (Å²) in [5, 5.41) is 17.8. The molecule has 0 spiro atoms. The minimum atomic E-state index is -1.25. The number of aliphatic carboxylic acids is 1. The zero-order chi connectivity index (χ0) is 25.3. The van der Waals surface area contributed by atoms with E-state index in [1.165, 1.54) is 47.0 Å². The Morgan fingerprint density at radius 3 is 2.74 bits per heavy atom. The van der Waals surface area contributed by atoms with Crippen LogP contribution >= 0.6 is 34.9 Å². The zero-order valence-electron chi connectivity index (χ0n) is 18.0. The van der Waals surface area contributed by atoms with E-state index >= 15 is 0 Å². The van der Waals surface area contributed by atoms with Crippen LogP contribution in [0, 0.1) is 0 Å². The number of rotatable bonds is 8. The van der Waals surface area contributed by atoms with Gasteiger partial charge in [0.05, 0.1) is 0 Å². The molecule has 184 valence electrons. The van der Waals surface area contributed by atoms with Gasteiger partial charge in [0.25, 0.3) is 11.8 Å². The first-order chi connectivity index (χ1) is 16.7. The van der Waals surface area contributed by atoms with Crippen molar-refractivity contribution in [2.24, 2.45) is 5.16 Å². The minimum Gasteiger partial charge on any atom is -0.477 e. The van der Waals surface area contributed by atoms with Gasteiger partial charge >= 0.3 is 5.97 Å². The number of anilines is 3. The Labute approximate surface area is 210 Å². The third-order valence-electron chi connectivity index (χ3n) is 4.83. The van der Waals surface area contributed by atoms with Crippen molar-refractivity contribution < 1.29 is 24.3 Å². The van der Waals surface area contributed by atoms with Crippen LogP contribution in [0.15, 0.2) is 32.9 Å². The first kappa shape index (κ1) is 24.6. The number of fused-ring (bicyclic) bond motifs is 1. The van der Waals surface area contributed by atoms with E-state index in [1.807, 2.05) is 0 Å². The number of hydrogen-bond acceptors (Lipinski definition) is 14. The van der Waals surface area contributed by atoms with Crippen molar-refractivity contribution in [1.29, 1.82) is 0 Å². The second kappa shape index (κ2) is 9.96. The second-order valence-electron chi connectivity index (χ2n) is 7.09. The molecular weight excluding hydrogens is 518 g/mol. The number of nitrogens with two attached hydrogens (primary N) is 3. The molecule has 35 heavy (non-hydrogen) atoms. The van der Waals surface area contributed by atoms with Crippen LogP contribution in [0.5, 0.6) is 0 Å². The standard InChI is InChI=1S/C18H19N9O5S3/c1-32-26-10(7-5-35-18(21)22-7)13(28)25-11-14(29)27-12(16(30)31)6(4-34-15(11)27)3-33-9-2-8(19)23-17(20)24-9/h2,5,11,15H,3-4H2,1H3,(H2,21,22)(H,25,28)(H,30,31)(H4,19,20,23,24)/t11-,15+/m1/s1. The molecule has 8 N–H and O–H groups in total. The van der Waals surface area contributed by atoms with Crippen LogP contribution in [0.4, 0.5) is 16.9 Å². The van der Waals surface area contributed by atoms with Gasteiger partial charge in [0, 0.05) is 23.0 Å². The maximum Gasteiger partial charge on any atom is 0.352 e. The molecule has 17 heteroatoms. The Balaban J connectivity index is 1.49. The average molecular weight is 538 g/mol. The van der Waals surface area contributed by atoms with Gasteiger partial charge in [-0.1, -0.05) is 5.16 Å². The van der Waals surface area contributed by atoms with E-state index in [4.69, 9.17) is 22.0 Å². The molecule has 2 aliphatic rings. The van der Waals surface area contributed by atoms with Crippen LogP contribution in [0.25, 0.3) is 0 Å². The van der Waals surface area contributed by atoms with Crippen LogP contribution in [-0.4, -0.2) is 78.5 Å². The Morgan fingerprint density at radius 1 is 1.34 bits per heavy atom. The lowest BCUT2D eigenvalue weighted by atomic mass is 10.0. The van der Waals surface area contributed by atoms with Gasteiger partial charge in [0.1, 0.15) is 40.8 Å². The fourth-order valence-electron chi connectivity index (χ4n) is 3.39. The molecule has 2 aliphatic heterocycles. The maximum atomic E-state index is 12.9. The highest BCUT2D eigenvalue weighted by Crippen LogP contribution is 2.41. The van der Waals surface area contributed by atoms with Crippen molar-refractivity contribution in [3.8, 4) is 0 Å². The van der Waals surface area contributed by atoms with E-state index in [9.17, 15) is 19.5 Å². The quantitative estimate of drug-likeness (QED) is 0.0947. The Kier molecular flexibility index (Phi) is 6.99. The summed E-state index contributed by atoms with van der Waals surface area (Å²) in [5.74, 6) is -1.73. The van der Waals surface area contributed by atoms with Gasteiger partial charge in [0.15, 0.2) is 10.8 Å². The lowest BCUT2D eigenvalue weighted by Crippen LogP contribution is -2.71. The third kappa shape index (κ3) is 4.96. The number of amides is 2. The third-order valence-corrected chi connectivity index (χ3v) is 7.84. The Hall–Kier alpha value is -3.57. The summed E-state index contributed by atoms with van der Waals surface area (Å²) >= 11 is 3.68. The summed E-state index contributed by atoms with van der Waals surface area (Å²) in [5.41, 5.74) is 17.4. The Bertz CT molecular complexity index is 1240. The van der Waals surface area contributed by atoms with E-state index in [0.717, 1.165) is 11.3 Å². The van der Waals surface area contributed by atoms with Crippen molar-refractivity contribution in [2.45, 2.75) is 16.4 Å². The lowest BCUT2D eigenvalue weighted by Gasteiger charge is -2.49. The minimum absolute atomic E-state index is 0.00578. The highest BCUT2D eigenvalue weighted by atomic mass is 32.2. The van der Waals surface area contributed by atoms with Gasteiger partial charge in [-0.15, -0.1) is 34.9 Å². The number of carboxylic acids is 1. The molecule has 1 fully saturated rings. The van der Waals surface area contributed by atoms with Crippen LogP contribution in [-0.2, 0) is 19.2 Å². The smallest absolute Gasteiger partial charge is 0.352 e. The van der Waals surface area contributed by atoms with Crippen molar-refractivity contribution in [2.75, 3.05) is 35.8 Å². The first-order valence-electron chi connectivity index (χ1n) is 9.75. The number of carboxylic acid groups (broad SMARTS) is 1. The van der Waals surface area contributed by atoms with E-state index in [1.54, 1.807) is 0 Å². The molecule has 2 atom stereocenters. The molecular formula is C18H19N9O5S3. The molecule has 0 aromatic carbocycles. The summed E-state index contributed by atoms with van der Waals surface area (Å²) in [6, 6.07) is 0.576. The molecule has 2 aromatic heterocycles. The van der Waals surface area contributed by atoms with Crippen molar-refractivity contribution >= 4 is 75.3 Å². The molecule has 4 rings (SSSR count). The summed E-state index contributed by atoms with van der Waals surface area (Å²) in [7, 11) is 1.27. The molecule has 2 aromatic rings. The van der Waals surface area contributed by atoms with Crippen molar-refractivity contribution in [3.63, 3.8) is 0 Å². The van der Waals surface area contributed by atoms with E-state index < -0.39 is 29.2 Å². The van der Waals surface area contributed by atoms with Gasteiger partial charge in [-0.2, -0.15) is 4.98 Å². The van der Waals surface area contributed by atoms with Gasteiger partial charge in [-0.3, -0.25) is 14.5 Å². The van der Waals surface area contributed by atoms with Crippen molar-refractivity contribution in [3.05, 3.63) is 28.4 Å². The number of carbonyl (C=O) groups is 3. The highest BCUT2D eigenvalue weighted by molar-refractivity contribution is 8.01. The summed E-state index contributed by atoms with van der Waals surface area (Å²) in [6.07, 6.45) is 0. The number of nitrogen functional groups attached to an aromatic ring is 3. The number of aromatic nitrogens is 3. The topological polar surface area (TPSA) is 225 Å². The molecule has 0 saturated carbocycles. The molecule has 0 aliphatic carbocycles. The predicted molar refractivity (Wildman–Crippen MR) is 131 cm³/mol. The lowest BCUT2D eigenvalue weighted by molar-refractivity contribution is -0.150. The van der Waals surface area contributed by atoms with Crippen LogP contribution in [0.1, 0.15) is 5.69 Å². The summed E-state index contributed by atoms with van der Waals surface area (Å²) in [6.45, 7) is 0. The molecule has 4 heterocycles. The molecule has 2 amide bonds. The highest BCUT2D eigenvalue weighted by Gasteiger charge is 2.54. The van der Waals surface area contributed by atoms with E-state index in [-0.39, 0.29) is 39.8 Å². The predicted octanol–water partition coefficient (Wildman–Crippen LogP) is -0.439. The molecule has 1 saturated heterocycles. The van der Waals surface area contributed by atoms with Gasteiger partial charge in [-0.05, 0) is 5.57 Å². The number of β-lactam (4-membered cyclic amide) rings is 1. The second-order valence-corrected chi connectivity index (χ2v) is 10.1. The normalized spacial score (nSPS) is 19.7. The summed E-state index contributed by atoms with van der Waals surface area (Å²) < 4.78 is 0. The Morgan fingerprint density at radius 2 is 2.11 bits per heavy atom. The number of nitrogens with one attached hydrogen (secondary N) is 1. The van der Waals surface area contributed by atoms with Gasteiger partial charge < -0.3 is 32.5 Å². The van der Waals surface area contributed by atoms with Crippen LogP contribution in [0.2, 0.25) is 0 Å². The van der Waals surface area contributed by atoms with Gasteiger partial charge in [0.2, 0.25) is 5.95 Å². The number of thiazole rings is 1. The fraction of sp³-hybridized carbons (Fsp3) is 0.278. The zero-order valence-corrected chi connectivity index (χ0v) is 20.4. The monoisotopic (exact) mass is 537 g/mol. The molecule has 0 radical (unpaired) electrons. The maximum absolute atomic E-state index is 12.9. The number of thioether (sulfide) groups is 2. The molecule has 14 nitrogen and oxygen atoms in total. The number of carbonyl (C=O) groups excluding carboxylic acids is 2. The number of nitrogens with zero attached hydrogens (tertiary/aromatic N) is 5. The molecule has 0 unspecified atom stereocenters. The SMILES string of the molecule is CON=C(C(=O)N[C@@H]1C(=O)N2C(C(=O)O)=C(CSc3cc(N)nc(N)n3)CS[C@@H]12)c1csc(N)n1. The summed E-state index contributed by atoms with van der Waals surface area (Å²) in [4.78, 5) is 55.6. The van der Waals surface area contributed by atoms with Crippen LogP contribution < -0.4 is 22.5 Å². The van der Waals surface area contributed by atoms with E-state index in [2.05, 4.69) is 25.4 Å². The molecule has 0 bridgehead atoms. The van der Waals surface area contributed by atoms with Crippen LogP contribution in [0.3, 0.4) is 0 Å². The van der Waals surface area contributed by atoms with Crippen molar-refractivity contribution in [1.82, 2.24) is 25.2 Å². The number of oxime groups is 1.